The molecule has 1 saturated carbocycles. The number of halogens is 3. The van der Waals surface area contributed by atoms with Gasteiger partial charge in [0, 0.05) is 6.04 Å². The summed E-state index contributed by atoms with van der Waals surface area (Å²) in [5.74, 6) is 0. The number of rotatable bonds is 2. The second-order valence-electron chi connectivity index (χ2n) is 2.94. The Morgan fingerprint density at radius 2 is 1.91 bits per heavy atom. The summed E-state index contributed by atoms with van der Waals surface area (Å²) in [6.45, 7) is -0.598. The molecule has 0 aromatic carbocycles. The minimum absolute atomic E-state index is 0.0538. The van der Waals surface area contributed by atoms with Crippen molar-refractivity contribution in [1.82, 2.24) is 0 Å². The molecule has 1 fully saturated rings. The van der Waals surface area contributed by atoms with E-state index in [0.717, 1.165) is 0 Å². The van der Waals surface area contributed by atoms with Crippen LogP contribution in [0.5, 0.6) is 0 Å². The van der Waals surface area contributed by atoms with Crippen molar-refractivity contribution in [3.63, 3.8) is 0 Å². The largest absolute Gasteiger partial charge is 0.396 e. The standard InChI is InChI=1S/C6H10F3NO/c7-6(8,9)5(1-2-5)4(10)3-11/h4,11H,1-3,10H2. The van der Waals surface area contributed by atoms with Crippen molar-refractivity contribution in [2.75, 3.05) is 6.61 Å². The van der Waals surface area contributed by atoms with E-state index in [9.17, 15) is 13.2 Å². The molecule has 1 aliphatic carbocycles. The van der Waals surface area contributed by atoms with Crippen LogP contribution in [0.1, 0.15) is 12.8 Å². The second kappa shape index (κ2) is 2.35. The van der Waals surface area contributed by atoms with Gasteiger partial charge in [-0.1, -0.05) is 0 Å². The van der Waals surface area contributed by atoms with Gasteiger partial charge in [0.05, 0.1) is 12.0 Å². The van der Waals surface area contributed by atoms with Crippen LogP contribution >= 0.6 is 0 Å². The van der Waals surface area contributed by atoms with Crippen LogP contribution in [0.15, 0.2) is 0 Å². The van der Waals surface area contributed by atoms with Crippen molar-refractivity contribution in [2.45, 2.75) is 25.1 Å². The minimum atomic E-state index is -4.25. The number of hydrogen-bond donors (Lipinski definition) is 2. The van der Waals surface area contributed by atoms with Crippen LogP contribution in [-0.2, 0) is 0 Å². The van der Waals surface area contributed by atoms with E-state index in [1.165, 1.54) is 0 Å². The summed E-state index contributed by atoms with van der Waals surface area (Å²) >= 11 is 0. The van der Waals surface area contributed by atoms with Gasteiger partial charge >= 0.3 is 6.18 Å². The molecule has 66 valence electrons. The first-order chi connectivity index (χ1) is 4.94. The molecule has 1 rings (SSSR count). The predicted molar refractivity (Wildman–Crippen MR) is 32.8 cm³/mol. The summed E-state index contributed by atoms with van der Waals surface area (Å²) in [6, 6.07) is -1.15. The van der Waals surface area contributed by atoms with E-state index in [0.29, 0.717) is 0 Å². The molecule has 0 aromatic rings. The normalized spacial score (nSPS) is 24.8. The smallest absolute Gasteiger partial charge is 0.395 e. The molecule has 5 heteroatoms. The van der Waals surface area contributed by atoms with Gasteiger partial charge in [0.15, 0.2) is 0 Å². The maximum Gasteiger partial charge on any atom is 0.396 e. The molecular weight excluding hydrogens is 159 g/mol. The van der Waals surface area contributed by atoms with E-state index in [1.54, 1.807) is 0 Å². The van der Waals surface area contributed by atoms with E-state index in [1.807, 2.05) is 0 Å². The highest BCUT2D eigenvalue weighted by atomic mass is 19.4. The minimum Gasteiger partial charge on any atom is -0.395 e. The Kier molecular flexibility index (Phi) is 1.88. The summed E-state index contributed by atoms with van der Waals surface area (Å²) in [6.07, 6.45) is -4.15. The highest BCUT2D eigenvalue weighted by Gasteiger charge is 2.66. The predicted octanol–water partition coefficient (Wildman–Crippen LogP) is 0.649. The Balaban J connectivity index is 2.68. The van der Waals surface area contributed by atoms with E-state index < -0.39 is 24.2 Å². The Labute approximate surface area is 62.2 Å². The maximum atomic E-state index is 12.1. The lowest BCUT2D eigenvalue weighted by molar-refractivity contribution is -0.195. The van der Waals surface area contributed by atoms with Gasteiger partial charge in [-0.25, -0.2) is 0 Å². The van der Waals surface area contributed by atoms with Crippen LogP contribution in [0, 0.1) is 5.41 Å². The summed E-state index contributed by atoms with van der Waals surface area (Å²) in [5, 5.41) is 8.45. The molecule has 0 saturated heterocycles. The Morgan fingerprint density at radius 1 is 1.45 bits per heavy atom. The van der Waals surface area contributed by atoms with Gasteiger partial charge < -0.3 is 10.8 Å². The molecule has 0 radical (unpaired) electrons. The average molecular weight is 169 g/mol. The molecule has 0 heterocycles. The maximum absolute atomic E-state index is 12.1. The highest BCUT2D eigenvalue weighted by Crippen LogP contribution is 2.59. The molecule has 0 bridgehead atoms. The molecule has 3 N–H and O–H groups in total. The molecule has 0 amide bonds. The molecule has 1 aliphatic rings. The fourth-order valence-electron chi connectivity index (χ4n) is 1.17. The zero-order valence-electron chi connectivity index (χ0n) is 5.86. The Morgan fingerprint density at radius 3 is 2.00 bits per heavy atom. The van der Waals surface area contributed by atoms with Crippen molar-refractivity contribution >= 4 is 0 Å². The zero-order chi connectivity index (χ0) is 8.70. The Hall–Kier alpha value is -0.290. The topological polar surface area (TPSA) is 46.2 Å². The molecule has 0 aliphatic heterocycles. The summed E-state index contributed by atoms with van der Waals surface area (Å²) in [7, 11) is 0. The number of aliphatic hydroxyl groups is 1. The number of nitrogens with two attached hydrogens (primary N) is 1. The molecule has 0 aromatic heterocycles. The summed E-state index contributed by atoms with van der Waals surface area (Å²) < 4.78 is 36.4. The van der Waals surface area contributed by atoms with E-state index >= 15 is 0 Å². The van der Waals surface area contributed by atoms with Gasteiger partial charge in [0.1, 0.15) is 0 Å². The highest BCUT2D eigenvalue weighted by molar-refractivity contribution is 5.05. The average Bonchev–Trinajstić information content (AvgIpc) is 2.63. The fraction of sp³-hybridized carbons (Fsp3) is 1.00. The zero-order valence-corrected chi connectivity index (χ0v) is 5.86. The monoisotopic (exact) mass is 169 g/mol. The second-order valence-corrected chi connectivity index (χ2v) is 2.94. The van der Waals surface area contributed by atoms with E-state index in [2.05, 4.69) is 0 Å². The Bertz CT molecular complexity index is 152. The van der Waals surface area contributed by atoms with Gasteiger partial charge in [-0.2, -0.15) is 13.2 Å². The van der Waals surface area contributed by atoms with Gasteiger partial charge in [-0.05, 0) is 12.8 Å². The molecule has 11 heavy (non-hydrogen) atoms. The summed E-state index contributed by atoms with van der Waals surface area (Å²) in [4.78, 5) is 0. The molecular formula is C6H10F3NO. The van der Waals surface area contributed by atoms with Gasteiger partial charge in [-0.3, -0.25) is 0 Å². The summed E-state index contributed by atoms with van der Waals surface area (Å²) in [5.41, 5.74) is 3.35. The lowest BCUT2D eigenvalue weighted by Crippen LogP contribution is -2.44. The first-order valence-electron chi connectivity index (χ1n) is 3.37. The van der Waals surface area contributed by atoms with Crippen LogP contribution in [0.2, 0.25) is 0 Å². The lowest BCUT2D eigenvalue weighted by Gasteiger charge is -2.23. The van der Waals surface area contributed by atoms with Crippen LogP contribution in [0.4, 0.5) is 13.2 Å². The van der Waals surface area contributed by atoms with E-state index in [-0.39, 0.29) is 12.8 Å². The van der Waals surface area contributed by atoms with Gasteiger partial charge in [0.2, 0.25) is 0 Å². The van der Waals surface area contributed by atoms with Crippen LogP contribution < -0.4 is 5.73 Å². The van der Waals surface area contributed by atoms with Gasteiger partial charge in [0.25, 0.3) is 0 Å². The molecule has 2 nitrogen and oxygen atoms in total. The first-order valence-corrected chi connectivity index (χ1v) is 3.37. The van der Waals surface area contributed by atoms with Crippen molar-refractivity contribution in [2.24, 2.45) is 11.1 Å². The van der Waals surface area contributed by atoms with Crippen LogP contribution in [0.25, 0.3) is 0 Å². The van der Waals surface area contributed by atoms with Crippen molar-refractivity contribution < 1.29 is 18.3 Å². The molecule has 0 spiro atoms. The number of aliphatic hydroxyl groups excluding tert-OH is 1. The molecule has 1 atom stereocenters. The lowest BCUT2D eigenvalue weighted by atomic mass is 9.97. The van der Waals surface area contributed by atoms with E-state index in [4.69, 9.17) is 10.8 Å². The quantitative estimate of drug-likeness (QED) is 0.637. The number of alkyl halides is 3. The fourth-order valence-corrected chi connectivity index (χ4v) is 1.17. The SMILES string of the molecule is NC(CO)C1(C(F)(F)F)CC1. The third-order valence-electron chi connectivity index (χ3n) is 2.26. The van der Waals surface area contributed by atoms with Gasteiger partial charge in [-0.15, -0.1) is 0 Å². The third-order valence-corrected chi connectivity index (χ3v) is 2.26. The number of hydrogen-bond acceptors (Lipinski definition) is 2. The van der Waals surface area contributed by atoms with Crippen molar-refractivity contribution in [3.05, 3.63) is 0 Å². The first kappa shape index (κ1) is 8.80. The van der Waals surface area contributed by atoms with Crippen LogP contribution in [-0.4, -0.2) is 23.9 Å². The molecule has 1 unspecified atom stereocenters. The van der Waals surface area contributed by atoms with Crippen molar-refractivity contribution in [3.8, 4) is 0 Å². The third kappa shape index (κ3) is 1.22. The van der Waals surface area contributed by atoms with Crippen LogP contribution in [0.3, 0.4) is 0 Å². The van der Waals surface area contributed by atoms with Crippen molar-refractivity contribution in [1.29, 1.82) is 0 Å².